The third-order valence-corrected chi connectivity index (χ3v) is 3.76. The summed E-state index contributed by atoms with van der Waals surface area (Å²) in [5, 5.41) is 7.39. The number of likely N-dealkylation sites (N-methyl/N-ethyl adjacent to an activating group) is 1. The van der Waals surface area contributed by atoms with Gasteiger partial charge in [-0.1, -0.05) is 13.3 Å². The van der Waals surface area contributed by atoms with E-state index < -0.39 is 0 Å². The van der Waals surface area contributed by atoms with Crippen molar-refractivity contribution in [3.05, 3.63) is 41.7 Å². The monoisotopic (exact) mass is 330 g/mol. The van der Waals surface area contributed by atoms with Crippen LogP contribution in [-0.4, -0.2) is 54.9 Å². The van der Waals surface area contributed by atoms with Crippen molar-refractivity contribution in [2.75, 3.05) is 34.3 Å². The van der Waals surface area contributed by atoms with Crippen molar-refractivity contribution in [1.29, 1.82) is 0 Å². The summed E-state index contributed by atoms with van der Waals surface area (Å²) in [5.41, 5.74) is 2.50. The fraction of sp³-hybridized carbons (Fsp3) is 0.444. The van der Waals surface area contributed by atoms with E-state index in [0.29, 0.717) is 12.1 Å². The van der Waals surface area contributed by atoms with Crippen LogP contribution in [0.4, 0.5) is 0 Å². The highest BCUT2D eigenvalue weighted by molar-refractivity contribution is 5.95. The Hall–Kier alpha value is -2.34. The van der Waals surface area contributed by atoms with Gasteiger partial charge >= 0.3 is 0 Å². The minimum absolute atomic E-state index is 0.0694. The molecule has 1 amide bonds. The van der Waals surface area contributed by atoms with Crippen LogP contribution < -0.4 is 10.1 Å². The molecular formula is C18H26N4O2. The second kappa shape index (κ2) is 8.49. The number of aromatic nitrogens is 2. The lowest BCUT2D eigenvalue weighted by Gasteiger charge is -2.12. The second-order valence-corrected chi connectivity index (χ2v) is 5.92. The third-order valence-electron chi connectivity index (χ3n) is 3.76. The first-order valence-corrected chi connectivity index (χ1v) is 8.21. The number of benzene rings is 1. The maximum absolute atomic E-state index is 12.5. The predicted molar refractivity (Wildman–Crippen MR) is 95.0 cm³/mol. The third kappa shape index (κ3) is 4.35. The molecule has 24 heavy (non-hydrogen) atoms. The minimum atomic E-state index is -0.0694. The van der Waals surface area contributed by atoms with Gasteiger partial charge in [0, 0.05) is 13.1 Å². The van der Waals surface area contributed by atoms with Gasteiger partial charge in [0.15, 0.2) is 0 Å². The van der Waals surface area contributed by atoms with E-state index in [-0.39, 0.29) is 5.91 Å². The molecule has 0 unspecified atom stereocenters. The molecule has 0 atom stereocenters. The van der Waals surface area contributed by atoms with E-state index in [1.807, 2.05) is 47.9 Å². The van der Waals surface area contributed by atoms with Crippen LogP contribution in [0.3, 0.4) is 0 Å². The van der Waals surface area contributed by atoms with Gasteiger partial charge in [-0.3, -0.25) is 4.79 Å². The van der Waals surface area contributed by atoms with Crippen molar-refractivity contribution in [2.45, 2.75) is 19.8 Å². The molecule has 130 valence electrons. The van der Waals surface area contributed by atoms with Gasteiger partial charge in [0.2, 0.25) is 0 Å². The second-order valence-electron chi connectivity index (χ2n) is 5.92. The van der Waals surface area contributed by atoms with E-state index in [1.165, 1.54) is 0 Å². The Morgan fingerprint density at radius 3 is 2.58 bits per heavy atom. The Kier molecular flexibility index (Phi) is 6.37. The summed E-state index contributed by atoms with van der Waals surface area (Å²) in [6, 6.07) is 7.67. The number of hydrogen-bond donors (Lipinski definition) is 1. The maximum Gasteiger partial charge on any atom is 0.254 e. The number of amides is 1. The number of hydrogen-bond acceptors (Lipinski definition) is 4. The summed E-state index contributed by atoms with van der Waals surface area (Å²) in [5.74, 6) is 0.727. The lowest BCUT2D eigenvalue weighted by molar-refractivity contribution is 0.0950. The van der Waals surface area contributed by atoms with Gasteiger partial charge < -0.3 is 15.0 Å². The number of methoxy groups -OCH3 is 1. The smallest absolute Gasteiger partial charge is 0.254 e. The Bertz CT molecular complexity index is 662. The Labute approximate surface area is 143 Å². The molecule has 1 N–H and O–H groups in total. The highest BCUT2D eigenvalue weighted by atomic mass is 16.5. The first kappa shape index (κ1) is 18.0. The molecule has 0 spiro atoms. The zero-order valence-corrected chi connectivity index (χ0v) is 14.9. The molecule has 6 nitrogen and oxygen atoms in total. The fourth-order valence-electron chi connectivity index (χ4n) is 2.48. The lowest BCUT2D eigenvalue weighted by Crippen LogP contribution is -2.31. The molecule has 1 aromatic heterocycles. The topological polar surface area (TPSA) is 59.4 Å². The summed E-state index contributed by atoms with van der Waals surface area (Å²) in [7, 11) is 5.61. The van der Waals surface area contributed by atoms with Crippen LogP contribution in [0.15, 0.2) is 30.5 Å². The number of nitrogens with zero attached hydrogens (tertiary/aromatic N) is 3. The van der Waals surface area contributed by atoms with E-state index in [1.54, 1.807) is 13.3 Å². The minimum Gasteiger partial charge on any atom is -0.497 e. The van der Waals surface area contributed by atoms with Gasteiger partial charge in [-0.15, -0.1) is 0 Å². The molecule has 0 saturated carbocycles. The lowest BCUT2D eigenvalue weighted by atomic mass is 10.1. The Morgan fingerprint density at radius 2 is 2.00 bits per heavy atom. The normalized spacial score (nSPS) is 10.9. The average molecular weight is 330 g/mol. The van der Waals surface area contributed by atoms with Gasteiger partial charge in [-0.25, -0.2) is 4.68 Å². The fourth-order valence-corrected chi connectivity index (χ4v) is 2.48. The molecule has 1 heterocycles. The number of carbonyl (C=O) groups excluding carboxylic acids is 1. The highest BCUT2D eigenvalue weighted by Gasteiger charge is 2.17. The highest BCUT2D eigenvalue weighted by Crippen LogP contribution is 2.19. The van der Waals surface area contributed by atoms with Crippen LogP contribution in [-0.2, 0) is 6.42 Å². The SMILES string of the molecule is CCCc1c(C(=O)NCCN(C)C)cnn1-c1ccc(OC)cc1. The van der Waals surface area contributed by atoms with Crippen LogP contribution in [0, 0.1) is 0 Å². The molecule has 2 rings (SSSR count). The molecule has 1 aromatic carbocycles. The van der Waals surface area contributed by atoms with Crippen LogP contribution in [0.2, 0.25) is 0 Å². The summed E-state index contributed by atoms with van der Waals surface area (Å²) in [6.07, 6.45) is 3.39. The molecule has 0 aliphatic rings. The van der Waals surface area contributed by atoms with Gasteiger partial charge in [0.1, 0.15) is 5.75 Å². The van der Waals surface area contributed by atoms with Crippen LogP contribution in [0.5, 0.6) is 5.75 Å². The quantitative estimate of drug-likeness (QED) is 0.805. The van der Waals surface area contributed by atoms with Crippen molar-refractivity contribution >= 4 is 5.91 Å². The molecule has 0 radical (unpaired) electrons. The number of nitrogens with one attached hydrogen (secondary N) is 1. The van der Waals surface area contributed by atoms with E-state index in [9.17, 15) is 4.79 Å². The molecule has 0 bridgehead atoms. The van der Waals surface area contributed by atoms with Gasteiger partial charge in [-0.05, 0) is 44.8 Å². The van der Waals surface area contributed by atoms with Gasteiger partial charge in [0.05, 0.1) is 30.3 Å². The first-order chi connectivity index (χ1) is 11.6. The Morgan fingerprint density at radius 1 is 1.29 bits per heavy atom. The zero-order valence-electron chi connectivity index (χ0n) is 14.9. The molecular weight excluding hydrogens is 304 g/mol. The summed E-state index contributed by atoms with van der Waals surface area (Å²) in [4.78, 5) is 14.5. The van der Waals surface area contributed by atoms with Crippen molar-refractivity contribution in [3.63, 3.8) is 0 Å². The summed E-state index contributed by atoms with van der Waals surface area (Å²) >= 11 is 0. The van der Waals surface area contributed by atoms with Crippen LogP contribution in [0.25, 0.3) is 5.69 Å². The van der Waals surface area contributed by atoms with E-state index in [4.69, 9.17) is 4.74 Å². The number of carbonyl (C=O) groups is 1. The van der Waals surface area contributed by atoms with Gasteiger partial charge in [0.25, 0.3) is 5.91 Å². The molecule has 6 heteroatoms. The molecule has 0 aliphatic heterocycles. The average Bonchev–Trinajstić information content (AvgIpc) is 2.98. The predicted octanol–water partition coefficient (Wildman–Crippen LogP) is 2.12. The van der Waals surface area contributed by atoms with Crippen molar-refractivity contribution in [1.82, 2.24) is 20.0 Å². The maximum atomic E-state index is 12.5. The molecule has 0 saturated heterocycles. The van der Waals surface area contributed by atoms with E-state index >= 15 is 0 Å². The standard InChI is InChI=1S/C18H26N4O2/c1-5-6-17-16(18(23)19-11-12-21(2)3)13-20-22(17)14-7-9-15(24-4)10-8-14/h7-10,13H,5-6,11-12H2,1-4H3,(H,19,23). The van der Waals surface area contributed by atoms with E-state index in [2.05, 4.69) is 17.3 Å². The van der Waals surface area contributed by atoms with E-state index in [0.717, 1.165) is 36.5 Å². The van der Waals surface area contributed by atoms with Crippen molar-refractivity contribution in [2.24, 2.45) is 0 Å². The molecule has 2 aromatic rings. The first-order valence-electron chi connectivity index (χ1n) is 8.21. The largest absolute Gasteiger partial charge is 0.497 e. The number of ether oxygens (including phenoxy) is 1. The summed E-state index contributed by atoms with van der Waals surface area (Å²) < 4.78 is 7.03. The van der Waals surface area contributed by atoms with Crippen molar-refractivity contribution < 1.29 is 9.53 Å². The van der Waals surface area contributed by atoms with Crippen molar-refractivity contribution in [3.8, 4) is 11.4 Å². The van der Waals surface area contributed by atoms with Gasteiger partial charge in [-0.2, -0.15) is 5.10 Å². The van der Waals surface area contributed by atoms with Crippen LogP contribution in [0.1, 0.15) is 29.4 Å². The summed E-state index contributed by atoms with van der Waals surface area (Å²) in [6.45, 7) is 3.52. The molecule has 0 aliphatic carbocycles. The number of rotatable bonds is 8. The van der Waals surface area contributed by atoms with Crippen LogP contribution >= 0.6 is 0 Å². The Balaban J connectivity index is 2.23. The zero-order chi connectivity index (χ0) is 17.5. The molecule has 0 fully saturated rings.